The topological polar surface area (TPSA) is 72.0 Å². The summed E-state index contributed by atoms with van der Waals surface area (Å²) in [7, 11) is 1.18. The first-order valence-corrected chi connectivity index (χ1v) is 11.2. The highest BCUT2D eigenvalue weighted by Gasteiger charge is 2.59. The lowest BCUT2D eigenvalue weighted by Gasteiger charge is -2.54. The van der Waals surface area contributed by atoms with Gasteiger partial charge in [0.1, 0.15) is 11.4 Å². The van der Waals surface area contributed by atoms with E-state index in [0.29, 0.717) is 12.0 Å². The van der Waals surface area contributed by atoms with Gasteiger partial charge < -0.3 is 19.3 Å². The molecule has 0 radical (unpaired) electrons. The fourth-order valence-corrected chi connectivity index (χ4v) is 5.17. The van der Waals surface area contributed by atoms with E-state index < -0.39 is 54.1 Å². The number of carbonyl (C=O) groups excluding carboxylic acids is 2. The number of halogens is 4. The molecule has 4 rings (SSSR count). The van der Waals surface area contributed by atoms with Gasteiger partial charge in [0.05, 0.1) is 26.2 Å². The van der Waals surface area contributed by atoms with Gasteiger partial charge in [0.2, 0.25) is 5.92 Å². The van der Waals surface area contributed by atoms with Gasteiger partial charge in [-0.3, -0.25) is 0 Å². The van der Waals surface area contributed by atoms with Gasteiger partial charge in [-0.2, -0.15) is 0 Å². The molecule has 1 unspecified atom stereocenters. The first kappa shape index (κ1) is 24.5. The fourth-order valence-electron chi connectivity index (χ4n) is 5.17. The van der Waals surface area contributed by atoms with Crippen molar-refractivity contribution in [3.8, 4) is 0 Å². The van der Waals surface area contributed by atoms with Gasteiger partial charge in [-0.05, 0) is 45.1 Å². The van der Waals surface area contributed by atoms with Crippen molar-refractivity contribution in [1.29, 1.82) is 0 Å². The van der Waals surface area contributed by atoms with E-state index in [-0.39, 0.29) is 37.3 Å². The zero-order valence-corrected chi connectivity index (χ0v) is 19.7. The number of likely N-dealkylation sites (tertiary alicyclic amines) is 1. The predicted molar refractivity (Wildman–Crippen MR) is 114 cm³/mol. The Hall–Kier alpha value is -2.59. The van der Waals surface area contributed by atoms with E-state index in [1.165, 1.54) is 23.0 Å². The molecule has 188 valence electrons. The minimum absolute atomic E-state index is 0.0685. The number of piperidine rings is 1. The average molecular weight is 487 g/mol. The van der Waals surface area contributed by atoms with Crippen LogP contribution in [0.4, 0.5) is 28.2 Å². The number of alkyl halides is 4. The second-order valence-electron chi connectivity index (χ2n) is 10.7. The molecule has 2 saturated heterocycles. The Morgan fingerprint density at radius 1 is 1.09 bits per heavy atom. The van der Waals surface area contributed by atoms with Crippen LogP contribution in [-0.2, 0) is 9.47 Å². The van der Waals surface area contributed by atoms with Crippen LogP contribution < -0.4 is 4.90 Å². The van der Waals surface area contributed by atoms with Crippen molar-refractivity contribution in [2.45, 2.75) is 69.9 Å². The molecule has 1 amide bonds. The molecule has 0 aromatic carbocycles. The third kappa shape index (κ3) is 4.79. The van der Waals surface area contributed by atoms with Crippen LogP contribution in [0, 0.1) is 5.41 Å². The molecule has 1 spiro atoms. The summed E-state index contributed by atoms with van der Waals surface area (Å²) in [4.78, 5) is 32.2. The van der Waals surface area contributed by atoms with Gasteiger partial charge in [0.25, 0.3) is 5.92 Å². The lowest BCUT2D eigenvalue weighted by molar-refractivity contribution is -0.183. The minimum atomic E-state index is -2.91. The molecule has 3 aliphatic rings. The fraction of sp³-hybridized carbons (Fsp3) is 0.696. The number of hydrogen-bond donors (Lipinski definition) is 0. The smallest absolute Gasteiger partial charge is 0.410 e. The van der Waals surface area contributed by atoms with Crippen LogP contribution in [0.2, 0.25) is 0 Å². The molecule has 1 aromatic heterocycles. The van der Waals surface area contributed by atoms with E-state index in [1.807, 2.05) is 0 Å². The Morgan fingerprint density at radius 2 is 1.74 bits per heavy atom. The zero-order valence-electron chi connectivity index (χ0n) is 19.7. The van der Waals surface area contributed by atoms with E-state index in [0.717, 1.165) is 0 Å². The molecule has 7 nitrogen and oxygen atoms in total. The molecule has 1 aliphatic carbocycles. The van der Waals surface area contributed by atoms with Gasteiger partial charge >= 0.3 is 12.1 Å². The van der Waals surface area contributed by atoms with Crippen molar-refractivity contribution in [2.24, 2.45) is 5.41 Å². The summed E-state index contributed by atoms with van der Waals surface area (Å²) in [5, 5.41) is 0. The minimum Gasteiger partial charge on any atom is -0.464 e. The maximum absolute atomic E-state index is 13.9. The van der Waals surface area contributed by atoms with E-state index in [1.54, 1.807) is 26.8 Å². The van der Waals surface area contributed by atoms with E-state index in [9.17, 15) is 27.2 Å². The molecule has 1 saturated carbocycles. The molecule has 2 aliphatic heterocycles. The van der Waals surface area contributed by atoms with Crippen LogP contribution >= 0.6 is 0 Å². The van der Waals surface area contributed by atoms with Crippen molar-refractivity contribution in [2.75, 3.05) is 31.6 Å². The maximum atomic E-state index is 13.9. The normalized spacial score (nSPS) is 24.8. The second kappa shape index (κ2) is 7.98. The number of amides is 1. The largest absolute Gasteiger partial charge is 0.464 e. The molecule has 3 heterocycles. The number of pyridine rings is 1. The van der Waals surface area contributed by atoms with Gasteiger partial charge in [-0.1, -0.05) is 6.07 Å². The van der Waals surface area contributed by atoms with Crippen molar-refractivity contribution in [1.82, 2.24) is 9.88 Å². The molecule has 11 heteroatoms. The summed E-state index contributed by atoms with van der Waals surface area (Å²) in [6.45, 7) is 4.15. The van der Waals surface area contributed by atoms with Crippen LogP contribution in [0.1, 0.15) is 68.5 Å². The van der Waals surface area contributed by atoms with Gasteiger partial charge in [0, 0.05) is 24.9 Å². The van der Waals surface area contributed by atoms with Gasteiger partial charge in [-0.15, -0.1) is 0 Å². The summed E-state index contributed by atoms with van der Waals surface area (Å²) in [6.07, 6.45) is -0.579. The van der Waals surface area contributed by atoms with Crippen LogP contribution in [0.25, 0.3) is 0 Å². The van der Waals surface area contributed by atoms with Crippen molar-refractivity contribution < 1.29 is 36.6 Å². The lowest BCUT2D eigenvalue weighted by Crippen LogP contribution is -2.58. The number of ether oxygens (including phenoxy) is 2. The van der Waals surface area contributed by atoms with Crippen molar-refractivity contribution in [3.63, 3.8) is 0 Å². The first-order valence-electron chi connectivity index (χ1n) is 11.2. The number of anilines is 1. The molecule has 1 aromatic rings. The Bertz CT molecular complexity index is 979. The number of esters is 1. The van der Waals surface area contributed by atoms with Crippen LogP contribution in [-0.4, -0.2) is 66.1 Å². The van der Waals surface area contributed by atoms with Crippen LogP contribution in [0.3, 0.4) is 0 Å². The summed E-state index contributed by atoms with van der Waals surface area (Å²) in [6, 6.07) is 2.22. The number of hydrogen-bond acceptors (Lipinski definition) is 6. The summed E-state index contributed by atoms with van der Waals surface area (Å²) < 4.78 is 65.4. The van der Waals surface area contributed by atoms with Crippen molar-refractivity contribution >= 4 is 17.9 Å². The number of methoxy groups -OCH3 is 1. The maximum Gasteiger partial charge on any atom is 0.410 e. The molecule has 0 N–H and O–H groups in total. The predicted octanol–water partition coefficient (Wildman–Crippen LogP) is 4.81. The number of aromatic nitrogens is 1. The summed E-state index contributed by atoms with van der Waals surface area (Å²) in [5.41, 5.74) is -1.09. The standard InChI is InChI=1S/C23H29F4N3O4/c1-20(2,3)34-19(32)30-8-7-21(10-22(24,25)11-21)9-16(30)14-5-6-15(18(31)33-4)28-17(14)29-12-23(26,27)13-29/h5-6,16H,7-13H2,1-4H3. The molecule has 0 bridgehead atoms. The quantitative estimate of drug-likeness (QED) is 0.450. The van der Waals surface area contributed by atoms with Crippen LogP contribution in [0.5, 0.6) is 0 Å². The third-order valence-electron chi connectivity index (χ3n) is 6.58. The third-order valence-corrected chi connectivity index (χ3v) is 6.58. The molecule has 34 heavy (non-hydrogen) atoms. The molecular formula is C23H29F4N3O4. The van der Waals surface area contributed by atoms with Crippen LogP contribution in [0.15, 0.2) is 12.1 Å². The molecule has 1 atom stereocenters. The van der Waals surface area contributed by atoms with Crippen molar-refractivity contribution in [3.05, 3.63) is 23.4 Å². The zero-order chi connectivity index (χ0) is 25.1. The Morgan fingerprint density at radius 3 is 2.26 bits per heavy atom. The molecular weight excluding hydrogens is 458 g/mol. The average Bonchev–Trinajstić information content (AvgIpc) is 2.68. The highest BCUT2D eigenvalue weighted by Crippen LogP contribution is 2.61. The SMILES string of the molecule is COC(=O)c1ccc(C2CC3(CCN2C(=O)OC(C)(C)C)CC(F)(F)C3)c(N2CC(F)(F)C2)n1. The van der Waals surface area contributed by atoms with Gasteiger partial charge in [0.15, 0.2) is 5.69 Å². The number of carbonyl (C=O) groups is 2. The molecule has 3 fully saturated rings. The van der Waals surface area contributed by atoms with Gasteiger partial charge in [-0.25, -0.2) is 32.1 Å². The Labute approximate surface area is 195 Å². The second-order valence-corrected chi connectivity index (χ2v) is 10.7. The summed E-state index contributed by atoms with van der Waals surface area (Å²) in [5.74, 6) is -6.28. The van der Waals surface area contributed by atoms with E-state index >= 15 is 0 Å². The Kier molecular flexibility index (Phi) is 5.76. The number of rotatable bonds is 3. The number of nitrogens with zero attached hydrogens (tertiary/aromatic N) is 3. The highest BCUT2D eigenvalue weighted by atomic mass is 19.3. The summed E-state index contributed by atoms with van der Waals surface area (Å²) >= 11 is 0. The highest BCUT2D eigenvalue weighted by molar-refractivity contribution is 5.88. The monoisotopic (exact) mass is 487 g/mol. The Balaban J connectivity index is 1.73. The lowest BCUT2D eigenvalue weighted by atomic mass is 9.59. The van der Waals surface area contributed by atoms with E-state index in [2.05, 4.69) is 4.98 Å². The first-order chi connectivity index (χ1) is 15.6. The van der Waals surface area contributed by atoms with E-state index in [4.69, 9.17) is 9.47 Å².